The maximum Gasteiger partial charge on any atom is 0.156 e. The molecule has 0 atom stereocenters. The number of aliphatic hydroxyl groups is 2. The molecule has 2 N–H and O–H groups in total. The molecule has 0 radical (unpaired) electrons. The minimum atomic E-state index is -2.84. The summed E-state index contributed by atoms with van der Waals surface area (Å²) in [6, 6.07) is 18.8. The van der Waals surface area contributed by atoms with Crippen LogP contribution >= 0.6 is 7.14 Å². The molecule has 0 amide bonds. The predicted octanol–water partition coefficient (Wildman–Crippen LogP) is 1.24. The molecule has 4 nitrogen and oxygen atoms in total. The Kier molecular flexibility index (Phi) is 6.34. The van der Waals surface area contributed by atoms with E-state index in [2.05, 4.69) is 0 Å². The van der Waals surface area contributed by atoms with Crippen LogP contribution in [0.5, 0.6) is 0 Å². The minimum absolute atomic E-state index is 0.0242. The Morgan fingerprint density at radius 2 is 1.18 bits per heavy atom. The fraction of sp³-hybridized carbons (Fsp3) is 0.294. The highest BCUT2D eigenvalue weighted by Crippen LogP contribution is 2.43. The lowest BCUT2D eigenvalue weighted by atomic mass is 10.4. The first-order valence-corrected chi connectivity index (χ1v) is 9.24. The van der Waals surface area contributed by atoms with Crippen LogP contribution in [0.1, 0.15) is 0 Å². The Morgan fingerprint density at radius 3 is 1.55 bits per heavy atom. The van der Waals surface area contributed by atoms with E-state index in [9.17, 15) is 14.8 Å². The Hall–Kier alpha value is -1.45. The fourth-order valence-corrected chi connectivity index (χ4v) is 5.25. The molecule has 22 heavy (non-hydrogen) atoms. The molecule has 0 aliphatic heterocycles. The molecule has 5 heteroatoms. The number of hydrogen-bond donors (Lipinski definition) is 2. The SMILES string of the molecule is O=P(CN(CCO)CCO)(c1ccccc1)c1ccccc1. The summed E-state index contributed by atoms with van der Waals surface area (Å²) in [6.07, 6.45) is 0.308. The number of nitrogens with zero attached hydrogens (tertiary/aromatic N) is 1. The Morgan fingerprint density at radius 1 is 0.773 bits per heavy atom. The average molecular weight is 319 g/mol. The van der Waals surface area contributed by atoms with Gasteiger partial charge in [-0.2, -0.15) is 0 Å². The van der Waals surface area contributed by atoms with Crippen LogP contribution in [0.4, 0.5) is 0 Å². The third-order valence-corrected chi connectivity index (χ3v) is 6.64. The topological polar surface area (TPSA) is 60.8 Å². The van der Waals surface area contributed by atoms with Crippen LogP contribution in [-0.2, 0) is 4.57 Å². The average Bonchev–Trinajstić information content (AvgIpc) is 2.57. The van der Waals surface area contributed by atoms with Crippen molar-refractivity contribution in [2.45, 2.75) is 0 Å². The van der Waals surface area contributed by atoms with Crippen molar-refractivity contribution in [3.05, 3.63) is 60.7 Å². The molecule has 118 valence electrons. The van der Waals surface area contributed by atoms with Crippen LogP contribution < -0.4 is 10.6 Å². The summed E-state index contributed by atoms with van der Waals surface area (Å²) < 4.78 is 13.8. The van der Waals surface area contributed by atoms with E-state index >= 15 is 0 Å². The summed E-state index contributed by atoms with van der Waals surface area (Å²) in [5.41, 5.74) is 0. The van der Waals surface area contributed by atoms with Gasteiger partial charge in [0.15, 0.2) is 7.14 Å². The van der Waals surface area contributed by atoms with E-state index in [1.807, 2.05) is 65.6 Å². The summed E-state index contributed by atoms with van der Waals surface area (Å²) in [5.74, 6) is 0. The van der Waals surface area contributed by atoms with Crippen LogP contribution in [0, 0.1) is 0 Å². The van der Waals surface area contributed by atoms with Gasteiger partial charge >= 0.3 is 0 Å². The normalized spacial score (nSPS) is 11.8. The molecule has 0 aromatic heterocycles. The minimum Gasteiger partial charge on any atom is -0.395 e. The van der Waals surface area contributed by atoms with Gasteiger partial charge < -0.3 is 14.8 Å². The maximum absolute atomic E-state index is 13.8. The molecule has 0 bridgehead atoms. The summed E-state index contributed by atoms with van der Waals surface area (Å²) in [5, 5.41) is 20.0. The van der Waals surface area contributed by atoms with E-state index < -0.39 is 7.14 Å². The Bertz CT molecular complexity index is 554. The molecular weight excluding hydrogens is 297 g/mol. The molecule has 0 heterocycles. The van der Waals surface area contributed by atoms with Crippen LogP contribution in [0.15, 0.2) is 60.7 Å². The van der Waals surface area contributed by atoms with Gasteiger partial charge in [0.25, 0.3) is 0 Å². The first kappa shape index (κ1) is 16.9. The van der Waals surface area contributed by atoms with Gasteiger partial charge in [-0.3, -0.25) is 4.90 Å². The lowest BCUT2D eigenvalue weighted by molar-refractivity contribution is 0.177. The van der Waals surface area contributed by atoms with Gasteiger partial charge in [-0.15, -0.1) is 0 Å². The highest BCUT2D eigenvalue weighted by molar-refractivity contribution is 7.78. The summed E-state index contributed by atoms with van der Waals surface area (Å²) in [6.45, 7) is 0.738. The van der Waals surface area contributed by atoms with E-state index in [-0.39, 0.29) is 13.2 Å². The van der Waals surface area contributed by atoms with E-state index in [0.717, 1.165) is 10.6 Å². The molecule has 0 aliphatic carbocycles. The van der Waals surface area contributed by atoms with Crippen LogP contribution in [-0.4, -0.2) is 47.7 Å². The van der Waals surface area contributed by atoms with Crippen molar-refractivity contribution < 1.29 is 14.8 Å². The third-order valence-electron chi connectivity index (χ3n) is 3.58. The number of rotatable bonds is 8. The number of aliphatic hydroxyl groups excluding tert-OH is 2. The van der Waals surface area contributed by atoms with Gasteiger partial charge in [-0.25, -0.2) is 0 Å². The zero-order valence-electron chi connectivity index (χ0n) is 12.5. The van der Waals surface area contributed by atoms with Crippen molar-refractivity contribution in [1.82, 2.24) is 4.90 Å². The van der Waals surface area contributed by atoms with Crippen LogP contribution in [0.2, 0.25) is 0 Å². The fourth-order valence-electron chi connectivity index (χ4n) is 2.47. The smallest absolute Gasteiger partial charge is 0.156 e. The zero-order chi connectivity index (χ0) is 15.8. The van der Waals surface area contributed by atoms with Gasteiger partial charge in [0, 0.05) is 23.7 Å². The molecule has 2 aromatic carbocycles. The quantitative estimate of drug-likeness (QED) is 0.719. The highest BCUT2D eigenvalue weighted by Gasteiger charge is 2.29. The largest absolute Gasteiger partial charge is 0.395 e. The highest BCUT2D eigenvalue weighted by atomic mass is 31.2. The molecule has 0 unspecified atom stereocenters. The molecule has 2 rings (SSSR count). The standard InChI is InChI=1S/C17H22NO3P/c19-13-11-18(12-14-20)15-22(21,16-7-3-1-4-8-16)17-9-5-2-6-10-17/h1-10,19-20H,11-15H2. The molecule has 0 saturated heterocycles. The monoisotopic (exact) mass is 319 g/mol. The van der Waals surface area contributed by atoms with Crippen molar-refractivity contribution >= 4 is 17.8 Å². The molecule has 0 saturated carbocycles. The van der Waals surface area contributed by atoms with Gasteiger partial charge in [0.05, 0.1) is 19.5 Å². The van der Waals surface area contributed by atoms with Crippen molar-refractivity contribution in [3.8, 4) is 0 Å². The second-order valence-electron chi connectivity index (χ2n) is 5.12. The van der Waals surface area contributed by atoms with Gasteiger partial charge in [-0.1, -0.05) is 60.7 Å². The van der Waals surface area contributed by atoms with E-state index in [0.29, 0.717) is 19.4 Å². The molecular formula is C17H22NO3P. The number of benzene rings is 2. The second kappa shape index (κ2) is 8.25. The van der Waals surface area contributed by atoms with E-state index in [1.165, 1.54) is 0 Å². The van der Waals surface area contributed by atoms with Crippen molar-refractivity contribution in [3.63, 3.8) is 0 Å². The predicted molar refractivity (Wildman–Crippen MR) is 90.4 cm³/mol. The Balaban J connectivity index is 2.40. The first-order chi connectivity index (χ1) is 10.7. The van der Waals surface area contributed by atoms with E-state index in [4.69, 9.17) is 0 Å². The summed E-state index contributed by atoms with van der Waals surface area (Å²) in [7, 11) is -2.84. The maximum atomic E-state index is 13.8. The first-order valence-electron chi connectivity index (χ1n) is 7.35. The lowest BCUT2D eigenvalue weighted by Gasteiger charge is -2.27. The van der Waals surface area contributed by atoms with Crippen molar-refractivity contribution in [1.29, 1.82) is 0 Å². The summed E-state index contributed by atoms with van der Waals surface area (Å²) in [4.78, 5) is 1.85. The van der Waals surface area contributed by atoms with Crippen molar-refractivity contribution in [2.24, 2.45) is 0 Å². The molecule has 0 fully saturated rings. The van der Waals surface area contributed by atoms with Crippen LogP contribution in [0.3, 0.4) is 0 Å². The third kappa shape index (κ3) is 4.05. The number of hydrogen-bond acceptors (Lipinski definition) is 4. The van der Waals surface area contributed by atoms with E-state index in [1.54, 1.807) is 0 Å². The van der Waals surface area contributed by atoms with Crippen molar-refractivity contribution in [2.75, 3.05) is 32.6 Å². The zero-order valence-corrected chi connectivity index (χ0v) is 13.4. The van der Waals surface area contributed by atoms with Gasteiger partial charge in [0.1, 0.15) is 0 Å². The molecule has 0 spiro atoms. The van der Waals surface area contributed by atoms with Gasteiger partial charge in [0.2, 0.25) is 0 Å². The van der Waals surface area contributed by atoms with Crippen LogP contribution in [0.25, 0.3) is 0 Å². The molecule has 2 aromatic rings. The Labute approximate surface area is 131 Å². The lowest BCUT2D eigenvalue weighted by Crippen LogP contribution is -2.35. The second-order valence-corrected chi connectivity index (χ2v) is 7.91. The summed E-state index contributed by atoms with van der Waals surface area (Å²) >= 11 is 0. The molecule has 0 aliphatic rings. The van der Waals surface area contributed by atoms with Gasteiger partial charge in [-0.05, 0) is 0 Å².